The van der Waals surface area contributed by atoms with E-state index in [1.54, 1.807) is 36.4 Å². The second kappa shape index (κ2) is 10.3. The minimum Gasteiger partial charge on any atom is -0.487 e. The van der Waals surface area contributed by atoms with Crippen LogP contribution in [0, 0.1) is 17.0 Å². The molecule has 0 bridgehead atoms. The lowest BCUT2D eigenvalue weighted by Gasteiger charge is -2.11. The van der Waals surface area contributed by atoms with Crippen molar-refractivity contribution >= 4 is 49.7 Å². The van der Waals surface area contributed by atoms with Gasteiger partial charge in [-0.25, -0.2) is 5.43 Å². The minimum atomic E-state index is -0.443. The molecule has 0 atom stereocenters. The molecule has 0 aliphatic rings. The first kappa shape index (κ1) is 22.6. The molecule has 0 aliphatic heterocycles. The summed E-state index contributed by atoms with van der Waals surface area (Å²) in [5.74, 6) is 0.301. The first-order valence-corrected chi connectivity index (χ1v) is 10.7. The van der Waals surface area contributed by atoms with Crippen molar-refractivity contribution in [2.45, 2.75) is 13.5 Å². The van der Waals surface area contributed by atoms with Gasteiger partial charge in [-0.1, -0.05) is 18.2 Å². The topological polar surface area (TPSA) is 93.8 Å². The van der Waals surface area contributed by atoms with Crippen LogP contribution in [0.25, 0.3) is 0 Å². The van der Waals surface area contributed by atoms with E-state index in [2.05, 4.69) is 42.4 Å². The Balaban J connectivity index is 1.64. The Hall–Kier alpha value is -3.04. The average Bonchev–Trinajstić information content (AvgIpc) is 2.73. The highest BCUT2D eigenvalue weighted by atomic mass is 79.9. The molecule has 0 spiro atoms. The van der Waals surface area contributed by atoms with E-state index < -0.39 is 4.92 Å². The number of halogens is 2. The number of nitro benzene ring substituents is 1. The fourth-order valence-corrected chi connectivity index (χ4v) is 4.17. The summed E-state index contributed by atoms with van der Waals surface area (Å²) < 4.78 is 7.23. The molecule has 0 unspecified atom stereocenters. The van der Waals surface area contributed by atoms with Crippen molar-refractivity contribution in [1.82, 2.24) is 5.43 Å². The summed E-state index contributed by atoms with van der Waals surface area (Å²) >= 11 is 6.95. The first-order chi connectivity index (χ1) is 14.8. The summed E-state index contributed by atoms with van der Waals surface area (Å²) in [7, 11) is 0. The van der Waals surface area contributed by atoms with Crippen LogP contribution in [0.5, 0.6) is 5.75 Å². The second-order valence-corrected chi connectivity index (χ2v) is 8.25. The zero-order chi connectivity index (χ0) is 22.4. The van der Waals surface area contributed by atoms with Crippen molar-refractivity contribution in [2.24, 2.45) is 5.10 Å². The van der Waals surface area contributed by atoms with Crippen molar-refractivity contribution in [3.63, 3.8) is 0 Å². The van der Waals surface area contributed by atoms with E-state index in [0.29, 0.717) is 20.3 Å². The van der Waals surface area contributed by atoms with Crippen LogP contribution < -0.4 is 10.2 Å². The largest absolute Gasteiger partial charge is 0.487 e. The van der Waals surface area contributed by atoms with E-state index in [1.165, 1.54) is 18.3 Å². The van der Waals surface area contributed by atoms with E-state index in [1.807, 2.05) is 19.1 Å². The van der Waals surface area contributed by atoms with Gasteiger partial charge in [0.15, 0.2) is 0 Å². The zero-order valence-electron chi connectivity index (χ0n) is 16.3. The molecule has 31 heavy (non-hydrogen) atoms. The van der Waals surface area contributed by atoms with Crippen LogP contribution in [0.15, 0.2) is 74.7 Å². The van der Waals surface area contributed by atoms with E-state index in [0.717, 1.165) is 16.7 Å². The van der Waals surface area contributed by atoms with Crippen LogP contribution >= 0.6 is 31.9 Å². The van der Waals surface area contributed by atoms with Gasteiger partial charge in [-0.05, 0) is 85.8 Å². The zero-order valence-corrected chi connectivity index (χ0v) is 19.5. The predicted octanol–water partition coefficient (Wildman–Crippen LogP) is 5.77. The lowest BCUT2D eigenvalue weighted by molar-refractivity contribution is -0.384. The highest BCUT2D eigenvalue weighted by molar-refractivity contribution is 9.11. The Bertz CT molecular complexity index is 1120. The lowest BCUT2D eigenvalue weighted by atomic mass is 10.1. The van der Waals surface area contributed by atoms with E-state index in [4.69, 9.17) is 4.74 Å². The van der Waals surface area contributed by atoms with Gasteiger partial charge in [0.2, 0.25) is 0 Å². The summed E-state index contributed by atoms with van der Waals surface area (Å²) in [6.07, 6.45) is 1.53. The van der Waals surface area contributed by atoms with Crippen molar-refractivity contribution in [1.29, 1.82) is 0 Å². The molecule has 3 aromatic carbocycles. The quantitative estimate of drug-likeness (QED) is 0.231. The van der Waals surface area contributed by atoms with Crippen LogP contribution in [0.2, 0.25) is 0 Å². The van der Waals surface area contributed by atoms with Gasteiger partial charge in [0.1, 0.15) is 12.4 Å². The summed E-state index contributed by atoms with van der Waals surface area (Å²) in [6.45, 7) is 2.11. The first-order valence-electron chi connectivity index (χ1n) is 9.09. The van der Waals surface area contributed by atoms with Gasteiger partial charge in [0, 0.05) is 17.7 Å². The number of benzene rings is 3. The SMILES string of the molecule is Cc1ccccc1C(=O)N/N=C\c1cc(Br)c(OCc2ccc([N+](=O)[O-])cc2)c(Br)c1. The molecule has 0 saturated carbocycles. The number of carbonyl (C=O) groups is 1. The monoisotopic (exact) mass is 545 g/mol. The highest BCUT2D eigenvalue weighted by Crippen LogP contribution is 2.35. The number of hydrogen-bond acceptors (Lipinski definition) is 5. The molecule has 0 heterocycles. The van der Waals surface area contributed by atoms with Gasteiger partial charge >= 0.3 is 0 Å². The van der Waals surface area contributed by atoms with Crippen LogP contribution in [0.1, 0.15) is 27.0 Å². The van der Waals surface area contributed by atoms with E-state index in [-0.39, 0.29) is 18.2 Å². The summed E-state index contributed by atoms with van der Waals surface area (Å²) in [5, 5.41) is 14.8. The van der Waals surface area contributed by atoms with Gasteiger partial charge in [0.25, 0.3) is 11.6 Å². The van der Waals surface area contributed by atoms with Crippen molar-refractivity contribution < 1.29 is 14.5 Å². The number of non-ortho nitro benzene ring substituents is 1. The van der Waals surface area contributed by atoms with Crippen LogP contribution in [0.4, 0.5) is 5.69 Å². The standard InChI is InChI=1S/C22H17Br2N3O4/c1-14-4-2-3-5-18(14)22(28)26-25-12-16-10-19(23)21(20(24)11-16)31-13-15-6-8-17(9-7-15)27(29)30/h2-12H,13H2,1H3,(H,26,28)/b25-12-. The number of nitro groups is 1. The summed E-state index contributed by atoms with van der Waals surface area (Å²) in [6, 6.07) is 17.1. The third-order valence-electron chi connectivity index (χ3n) is 4.32. The molecular formula is C22H17Br2N3O4. The lowest BCUT2D eigenvalue weighted by Crippen LogP contribution is -2.18. The average molecular weight is 547 g/mol. The van der Waals surface area contributed by atoms with Gasteiger partial charge < -0.3 is 4.74 Å². The maximum atomic E-state index is 12.2. The predicted molar refractivity (Wildman–Crippen MR) is 126 cm³/mol. The fourth-order valence-electron chi connectivity index (χ4n) is 2.71. The molecule has 0 aromatic heterocycles. The number of ether oxygens (including phenoxy) is 1. The smallest absolute Gasteiger partial charge is 0.271 e. The van der Waals surface area contributed by atoms with Gasteiger partial charge in [-0.3, -0.25) is 14.9 Å². The summed E-state index contributed by atoms with van der Waals surface area (Å²) in [5.41, 5.74) is 5.53. The second-order valence-electron chi connectivity index (χ2n) is 6.54. The number of carbonyl (C=O) groups excluding carboxylic acids is 1. The van der Waals surface area contributed by atoms with Crippen LogP contribution in [0.3, 0.4) is 0 Å². The number of hydrogen-bond donors (Lipinski definition) is 1. The molecular weight excluding hydrogens is 530 g/mol. The van der Waals surface area contributed by atoms with E-state index in [9.17, 15) is 14.9 Å². The van der Waals surface area contributed by atoms with Gasteiger partial charge in [-0.2, -0.15) is 5.10 Å². The van der Waals surface area contributed by atoms with Crippen molar-refractivity contribution in [2.75, 3.05) is 0 Å². The number of aryl methyl sites for hydroxylation is 1. The molecule has 0 fully saturated rings. The Morgan fingerprint density at radius 2 is 1.77 bits per heavy atom. The Morgan fingerprint density at radius 3 is 2.39 bits per heavy atom. The molecule has 7 nitrogen and oxygen atoms in total. The molecule has 3 aromatic rings. The third-order valence-corrected chi connectivity index (χ3v) is 5.50. The molecule has 1 N–H and O–H groups in total. The maximum absolute atomic E-state index is 12.2. The van der Waals surface area contributed by atoms with Gasteiger partial charge in [0.05, 0.1) is 20.1 Å². The van der Waals surface area contributed by atoms with Crippen LogP contribution in [-0.2, 0) is 6.61 Å². The fraction of sp³-hybridized carbons (Fsp3) is 0.0909. The molecule has 158 valence electrons. The molecule has 0 radical (unpaired) electrons. The maximum Gasteiger partial charge on any atom is 0.271 e. The number of hydrazone groups is 1. The minimum absolute atomic E-state index is 0.0317. The van der Waals surface area contributed by atoms with Crippen molar-refractivity contribution in [3.05, 3.63) is 102 Å². The Kier molecular flexibility index (Phi) is 7.54. The highest BCUT2D eigenvalue weighted by Gasteiger charge is 2.11. The Morgan fingerprint density at radius 1 is 1.13 bits per heavy atom. The summed E-state index contributed by atoms with van der Waals surface area (Å²) in [4.78, 5) is 22.5. The molecule has 0 aliphatic carbocycles. The number of rotatable bonds is 7. The molecule has 9 heteroatoms. The van der Waals surface area contributed by atoms with Crippen LogP contribution in [-0.4, -0.2) is 17.0 Å². The molecule has 3 rings (SSSR count). The van der Waals surface area contributed by atoms with Crippen molar-refractivity contribution in [3.8, 4) is 5.75 Å². The number of amides is 1. The Labute approximate surface area is 195 Å². The van der Waals surface area contributed by atoms with E-state index >= 15 is 0 Å². The van der Waals surface area contributed by atoms with Gasteiger partial charge in [-0.15, -0.1) is 0 Å². The number of nitrogens with one attached hydrogen (secondary N) is 1. The normalized spacial score (nSPS) is 10.8. The number of nitrogens with zero attached hydrogens (tertiary/aromatic N) is 2. The molecule has 1 amide bonds. The molecule has 0 saturated heterocycles. The third kappa shape index (κ3) is 5.99.